The first-order valence-electron chi connectivity index (χ1n) is 7.01. The van der Waals surface area contributed by atoms with Gasteiger partial charge in [0, 0.05) is 16.9 Å². The van der Waals surface area contributed by atoms with Crippen molar-refractivity contribution in [2.45, 2.75) is 25.8 Å². The highest BCUT2D eigenvalue weighted by molar-refractivity contribution is 6.04. The fraction of sp³-hybridized carbons (Fsp3) is 0.235. The molecule has 1 unspecified atom stereocenters. The Morgan fingerprint density at radius 2 is 2.00 bits per heavy atom. The van der Waals surface area contributed by atoms with E-state index in [-0.39, 0.29) is 11.7 Å². The molecular weight excluding hydrogens is 267 g/mol. The predicted octanol–water partition coefficient (Wildman–Crippen LogP) is 4.05. The van der Waals surface area contributed by atoms with Crippen molar-refractivity contribution in [2.75, 3.05) is 10.6 Å². The van der Waals surface area contributed by atoms with Crippen LogP contribution in [0.15, 0.2) is 42.5 Å². The smallest absolute Gasteiger partial charge is 0.251 e. The molecule has 0 radical (unpaired) electrons. The lowest BCUT2D eigenvalue weighted by molar-refractivity contribution is -0.116. The van der Waals surface area contributed by atoms with Crippen molar-refractivity contribution in [3.05, 3.63) is 59.4 Å². The SMILES string of the molecule is CC(C)c1cccc(NC2C(=O)Nc3ccc(F)cc32)c1. The van der Waals surface area contributed by atoms with Gasteiger partial charge in [-0.1, -0.05) is 26.0 Å². The van der Waals surface area contributed by atoms with Crippen molar-refractivity contribution in [1.29, 1.82) is 0 Å². The topological polar surface area (TPSA) is 41.1 Å². The van der Waals surface area contributed by atoms with Crippen LogP contribution in [-0.4, -0.2) is 5.91 Å². The van der Waals surface area contributed by atoms with Crippen LogP contribution in [0.1, 0.15) is 36.9 Å². The molecule has 1 heterocycles. The fourth-order valence-electron chi connectivity index (χ4n) is 2.53. The fourth-order valence-corrected chi connectivity index (χ4v) is 2.53. The maximum absolute atomic E-state index is 13.4. The minimum absolute atomic E-state index is 0.162. The van der Waals surface area contributed by atoms with Crippen LogP contribution < -0.4 is 10.6 Å². The zero-order valence-electron chi connectivity index (χ0n) is 12.0. The van der Waals surface area contributed by atoms with Gasteiger partial charge in [-0.25, -0.2) is 4.39 Å². The van der Waals surface area contributed by atoms with Gasteiger partial charge in [0.2, 0.25) is 0 Å². The van der Waals surface area contributed by atoms with E-state index in [1.54, 1.807) is 6.07 Å². The van der Waals surface area contributed by atoms with E-state index in [1.807, 2.05) is 18.2 Å². The van der Waals surface area contributed by atoms with Crippen LogP contribution in [0.25, 0.3) is 0 Å². The van der Waals surface area contributed by atoms with Crippen LogP contribution in [0.5, 0.6) is 0 Å². The molecule has 1 atom stereocenters. The maximum atomic E-state index is 13.4. The van der Waals surface area contributed by atoms with Gasteiger partial charge in [-0.2, -0.15) is 0 Å². The lowest BCUT2D eigenvalue weighted by Crippen LogP contribution is -2.19. The highest BCUT2D eigenvalue weighted by atomic mass is 19.1. The summed E-state index contributed by atoms with van der Waals surface area (Å²) in [4.78, 5) is 12.1. The van der Waals surface area contributed by atoms with Crippen molar-refractivity contribution in [3.8, 4) is 0 Å². The molecule has 1 amide bonds. The summed E-state index contributed by atoms with van der Waals surface area (Å²) in [6.07, 6.45) is 0. The van der Waals surface area contributed by atoms with Crippen LogP contribution >= 0.6 is 0 Å². The van der Waals surface area contributed by atoms with E-state index in [0.29, 0.717) is 17.2 Å². The first-order chi connectivity index (χ1) is 10.0. The third-order valence-electron chi connectivity index (χ3n) is 3.71. The normalized spacial score (nSPS) is 16.8. The summed E-state index contributed by atoms with van der Waals surface area (Å²) in [5.41, 5.74) is 3.37. The summed E-state index contributed by atoms with van der Waals surface area (Å²) in [5, 5.41) is 5.95. The Balaban J connectivity index is 1.90. The number of halogens is 1. The zero-order chi connectivity index (χ0) is 15.0. The van der Waals surface area contributed by atoms with E-state index in [0.717, 1.165) is 5.69 Å². The number of benzene rings is 2. The second kappa shape index (κ2) is 5.20. The Labute approximate surface area is 123 Å². The lowest BCUT2D eigenvalue weighted by Gasteiger charge is -2.15. The molecule has 2 aromatic carbocycles. The molecular formula is C17H17FN2O. The molecule has 0 aliphatic carbocycles. The number of amides is 1. The summed E-state index contributed by atoms with van der Waals surface area (Å²) < 4.78 is 13.4. The Morgan fingerprint density at radius 1 is 1.19 bits per heavy atom. The molecule has 0 saturated carbocycles. The molecule has 0 aromatic heterocycles. The van der Waals surface area contributed by atoms with E-state index in [2.05, 4.69) is 30.5 Å². The number of carbonyl (C=O) groups is 1. The Hall–Kier alpha value is -2.36. The zero-order valence-corrected chi connectivity index (χ0v) is 12.0. The summed E-state index contributed by atoms with van der Waals surface area (Å²) in [6.45, 7) is 4.23. The van der Waals surface area contributed by atoms with Crippen molar-refractivity contribution in [1.82, 2.24) is 0 Å². The highest BCUT2D eigenvalue weighted by Crippen LogP contribution is 2.34. The third-order valence-corrected chi connectivity index (χ3v) is 3.71. The van der Waals surface area contributed by atoms with Crippen molar-refractivity contribution < 1.29 is 9.18 Å². The minimum atomic E-state index is -0.557. The molecule has 4 heteroatoms. The van der Waals surface area contributed by atoms with Gasteiger partial charge < -0.3 is 10.6 Å². The second-order valence-electron chi connectivity index (χ2n) is 5.58. The molecule has 3 nitrogen and oxygen atoms in total. The average molecular weight is 284 g/mol. The van der Waals surface area contributed by atoms with E-state index in [4.69, 9.17) is 0 Å². The van der Waals surface area contributed by atoms with Crippen LogP contribution in [0.3, 0.4) is 0 Å². The molecule has 0 bridgehead atoms. The van der Waals surface area contributed by atoms with Gasteiger partial charge in [-0.05, 0) is 41.8 Å². The van der Waals surface area contributed by atoms with Crippen molar-refractivity contribution >= 4 is 17.3 Å². The van der Waals surface area contributed by atoms with Crippen molar-refractivity contribution in [2.24, 2.45) is 0 Å². The van der Waals surface area contributed by atoms with Crippen LogP contribution in [-0.2, 0) is 4.79 Å². The number of carbonyl (C=O) groups excluding carboxylic acids is 1. The van der Waals surface area contributed by atoms with Gasteiger partial charge >= 0.3 is 0 Å². The molecule has 0 spiro atoms. The van der Waals surface area contributed by atoms with E-state index >= 15 is 0 Å². The minimum Gasteiger partial charge on any atom is -0.370 e. The van der Waals surface area contributed by atoms with Gasteiger partial charge in [0.1, 0.15) is 11.9 Å². The number of anilines is 2. The van der Waals surface area contributed by atoms with Gasteiger partial charge in [-0.15, -0.1) is 0 Å². The Morgan fingerprint density at radius 3 is 2.76 bits per heavy atom. The highest BCUT2D eigenvalue weighted by Gasteiger charge is 2.30. The maximum Gasteiger partial charge on any atom is 0.251 e. The third kappa shape index (κ3) is 2.61. The first-order valence-corrected chi connectivity index (χ1v) is 7.01. The molecule has 108 valence electrons. The largest absolute Gasteiger partial charge is 0.370 e. The lowest BCUT2D eigenvalue weighted by atomic mass is 10.0. The quantitative estimate of drug-likeness (QED) is 0.892. The molecule has 2 N–H and O–H groups in total. The number of nitrogens with one attached hydrogen (secondary N) is 2. The van der Waals surface area contributed by atoms with Crippen molar-refractivity contribution in [3.63, 3.8) is 0 Å². The van der Waals surface area contributed by atoms with Gasteiger partial charge in [0.15, 0.2) is 0 Å². The summed E-state index contributed by atoms with van der Waals surface area (Å²) in [6, 6.07) is 11.7. The number of fused-ring (bicyclic) bond motifs is 1. The number of rotatable bonds is 3. The average Bonchev–Trinajstić information content (AvgIpc) is 2.75. The Kier molecular flexibility index (Phi) is 3.37. The molecule has 0 fully saturated rings. The molecule has 1 aliphatic heterocycles. The molecule has 0 saturated heterocycles. The van der Waals surface area contributed by atoms with Crippen LogP contribution in [0, 0.1) is 5.82 Å². The molecule has 1 aliphatic rings. The van der Waals surface area contributed by atoms with E-state index in [1.165, 1.54) is 17.7 Å². The van der Waals surface area contributed by atoms with Gasteiger partial charge in [-0.3, -0.25) is 4.79 Å². The standard InChI is InChI=1S/C17H17FN2O/c1-10(2)11-4-3-5-13(8-11)19-16-14-9-12(18)6-7-15(14)20-17(16)21/h3-10,16,19H,1-2H3,(H,20,21). The first kappa shape index (κ1) is 13.6. The predicted molar refractivity (Wildman–Crippen MR) is 81.9 cm³/mol. The molecule has 2 aromatic rings. The Bertz CT molecular complexity index is 697. The van der Waals surface area contributed by atoms with E-state index in [9.17, 15) is 9.18 Å². The molecule has 3 rings (SSSR count). The van der Waals surface area contributed by atoms with E-state index < -0.39 is 6.04 Å². The number of hydrogen-bond donors (Lipinski definition) is 2. The summed E-state index contributed by atoms with van der Waals surface area (Å²) in [5.74, 6) is -0.0904. The monoisotopic (exact) mass is 284 g/mol. The van der Waals surface area contributed by atoms with Gasteiger partial charge in [0.25, 0.3) is 5.91 Å². The molecule has 21 heavy (non-hydrogen) atoms. The van der Waals surface area contributed by atoms with Gasteiger partial charge in [0.05, 0.1) is 0 Å². The van der Waals surface area contributed by atoms with Crippen LogP contribution in [0.4, 0.5) is 15.8 Å². The summed E-state index contributed by atoms with van der Waals surface area (Å²) in [7, 11) is 0. The number of hydrogen-bond acceptors (Lipinski definition) is 2. The van der Waals surface area contributed by atoms with Crippen LogP contribution in [0.2, 0.25) is 0 Å². The summed E-state index contributed by atoms with van der Waals surface area (Å²) >= 11 is 0. The second-order valence-corrected chi connectivity index (χ2v) is 5.58.